The van der Waals surface area contributed by atoms with Crippen LogP contribution in [0.2, 0.25) is 0 Å². The summed E-state index contributed by atoms with van der Waals surface area (Å²) in [5, 5.41) is 3.50. The van der Waals surface area contributed by atoms with Gasteiger partial charge in [-0.15, -0.1) is 0 Å². The van der Waals surface area contributed by atoms with Gasteiger partial charge in [0.1, 0.15) is 0 Å². The Balaban J connectivity index is 1.45. The van der Waals surface area contributed by atoms with E-state index in [2.05, 4.69) is 21.2 Å². The molecule has 124 valence electrons. The topological polar surface area (TPSA) is 29.1 Å². The van der Waals surface area contributed by atoms with Crippen molar-refractivity contribution in [3.05, 3.63) is 0 Å². The summed E-state index contributed by atoms with van der Waals surface area (Å²) < 4.78 is 0.287. The highest BCUT2D eigenvalue weighted by Crippen LogP contribution is 2.64. The van der Waals surface area contributed by atoms with Crippen molar-refractivity contribution in [3.8, 4) is 0 Å². The number of hydrogen-bond donors (Lipinski definition) is 1. The first-order chi connectivity index (χ1) is 10.6. The lowest BCUT2D eigenvalue weighted by Crippen LogP contribution is -2.59. The molecule has 5 rings (SSSR count). The molecule has 0 radical (unpaired) electrons. The zero-order valence-electron chi connectivity index (χ0n) is 13.7. The van der Waals surface area contributed by atoms with Crippen molar-refractivity contribution in [1.29, 1.82) is 0 Å². The van der Waals surface area contributed by atoms with Gasteiger partial charge in [0, 0.05) is 10.4 Å². The Labute approximate surface area is 143 Å². The normalized spacial score (nSPS) is 45.3. The monoisotopic (exact) mass is 367 g/mol. The first kappa shape index (κ1) is 15.5. The minimum Gasteiger partial charge on any atom is -0.353 e. The molecule has 0 aromatic heterocycles. The fraction of sp³-hybridized carbons (Fsp3) is 0.947. The van der Waals surface area contributed by atoms with Crippen LogP contribution in [0.1, 0.15) is 83.5 Å². The maximum absolute atomic E-state index is 13.2. The summed E-state index contributed by atoms with van der Waals surface area (Å²) in [4.78, 5) is 13.2. The van der Waals surface area contributed by atoms with Crippen LogP contribution in [-0.4, -0.2) is 16.3 Å². The van der Waals surface area contributed by atoms with E-state index in [1.165, 1.54) is 64.2 Å². The van der Waals surface area contributed by atoms with Gasteiger partial charge >= 0.3 is 0 Å². The van der Waals surface area contributed by atoms with Gasteiger partial charge in [0.25, 0.3) is 0 Å². The zero-order valence-corrected chi connectivity index (χ0v) is 15.3. The van der Waals surface area contributed by atoms with Crippen LogP contribution in [0.3, 0.4) is 0 Å². The van der Waals surface area contributed by atoms with Crippen molar-refractivity contribution in [2.24, 2.45) is 17.3 Å². The maximum atomic E-state index is 13.2. The molecule has 0 spiro atoms. The van der Waals surface area contributed by atoms with Crippen molar-refractivity contribution >= 4 is 21.8 Å². The minimum absolute atomic E-state index is 0.0318. The second-order valence-electron chi connectivity index (χ2n) is 8.91. The number of amides is 1. The number of rotatable bonds is 2. The van der Waals surface area contributed by atoms with Gasteiger partial charge in [0.15, 0.2) is 0 Å². The maximum Gasteiger partial charge on any atom is 0.226 e. The zero-order chi connectivity index (χ0) is 15.2. The molecule has 0 heterocycles. The molecule has 5 fully saturated rings. The lowest BCUT2D eigenvalue weighted by atomic mass is 9.49. The van der Waals surface area contributed by atoms with E-state index >= 15 is 0 Å². The Morgan fingerprint density at radius 3 is 2.09 bits per heavy atom. The quantitative estimate of drug-likeness (QED) is 0.687. The summed E-state index contributed by atoms with van der Waals surface area (Å²) >= 11 is 4.03. The summed E-state index contributed by atoms with van der Waals surface area (Å²) in [7, 11) is 0. The van der Waals surface area contributed by atoms with Gasteiger partial charge in [-0.2, -0.15) is 0 Å². The van der Waals surface area contributed by atoms with E-state index < -0.39 is 0 Å². The van der Waals surface area contributed by atoms with Gasteiger partial charge in [0.2, 0.25) is 5.91 Å². The molecule has 5 aliphatic rings. The molecule has 2 atom stereocenters. The van der Waals surface area contributed by atoms with Crippen LogP contribution < -0.4 is 5.32 Å². The molecule has 1 amide bonds. The number of carbonyl (C=O) groups is 1. The van der Waals surface area contributed by atoms with Crippen LogP contribution in [0.25, 0.3) is 0 Å². The van der Waals surface area contributed by atoms with Gasteiger partial charge in [-0.25, -0.2) is 0 Å². The third kappa shape index (κ3) is 2.87. The molecule has 5 aliphatic carbocycles. The Morgan fingerprint density at radius 1 is 0.909 bits per heavy atom. The molecule has 0 aromatic carbocycles. The average molecular weight is 368 g/mol. The predicted octanol–water partition coefficient (Wildman–Crippen LogP) is 4.95. The van der Waals surface area contributed by atoms with Crippen LogP contribution in [-0.2, 0) is 4.79 Å². The third-order valence-corrected chi connectivity index (χ3v) is 7.84. The lowest BCUT2D eigenvalue weighted by molar-refractivity contribution is -0.145. The standard InChI is InChI=1S/C19H30BrNO/c20-19-11-14-8-15(12-19)10-18(9-14,13-19)17(22)21-16-6-4-2-1-3-5-7-16/h14-16H,1-13H2,(H,21,22)/t14-,15-,18?,19?/m0/s1. The molecule has 4 bridgehead atoms. The van der Waals surface area contributed by atoms with E-state index in [-0.39, 0.29) is 9.74 Å². The number of nitrogens with one attached hydrogen (secondary N) is 1. The Bertz CT molecular complexity index is 427. The van der Waals surface area contributed by atoms with E-state index in [1.807, 2.05) is 0 Å². The van der Waals surface area contributed by atoms with Gasteiger partial charge in [-0.3, -0.25) is 4.79 Å². The van der Waals surface area contributed by atoms with Crippen LogP contribution in [0.4, 0.5) is 0 Å². The second kappa shape index (κ2) is 5.79. The van der Waals surface area contributed by atoms with Crippen molar-refractivity contribution in [3.63, 3.8) is 0 Å². The Kier molecular flexibility index (Phi) is 4.07. The molecule has 3 heteroatoms. The fourth-order valence-electron chi connectivity index (χ4n) is 6.36. The molecule has 0 aliphatic heterocycles. The highest BCUT2D eigenvalue weighted by molar-refractivity contribution is 9.10. The molecular weight excluding hydrogens is 338 g/mol. The molecule has 22 heavy (non-hydrogen) atoms. The highest BCUT2D eigenvalue weighted by Gasteiger charge is 2.59. The Morgan fingerprint density at radius 2 is 1.50 bits per heavy atom. The van der Waals surface area contributed by atoms with E-state index in [4.69, 9.17) is 0 Å². The summed E-state index contributed by atoms with van der Waals surface area (Å²) in [6.07, 6.45) is 16.5. The summed E-state index contributed by atoms with van der Waals surface area (Å²) in [5.74, 6) is 2.00. The van der Waals surface area contributed by atoms with Crippen LogP contribution >= 0.6 is 15.9 Å². The number of hydrogen-bond acceptors (Lipinski definition) is 1. The first-order valence-electron chi connectivity index (χ1n) is 9.57. The van der Waals surface area contributed by atoms with Crippen molar-refractivity contribution in [2.75, 3.05) is 0 Å². The van der Waals surface area contributed by atoms with Gasteiger partial charge in [-0.1, -0.05) is 48.0 Å². The Hall–Kier alpha value is -0.0500. The van der Waals surface area contributed by atoms with Crippen molar-refractivity contribution in [2.45, 2.75) is 93.8 Å². The molecule has 2 nitrogen and oxygen atoms in total. The smallest absolute Gasteiger partial charge is 0.226 e. The van der Waals surface area contributed by atoms with Crippen molar-refractivity contribution < 1.29 is 4.79 Å². The predicted molar refractivity (Wildman–Crippen MR) is 93.0 cm³/mol. The summed E-state index contributed by atoms with van der Waals surface area (Å²) in [5.41, 5.74) is -0.0318. The molecule has 0 saturated heterocycles. The summed E-state index contributed by atoms with van der Waals surface area (Å²) in [6.45, 7) is 0. The van der Waals surface area contributed by atoms with Crippen molar-refractivity contribution in [1.82, 2.24) is 5.32 Å². The minimum atomic E-state index is -0.0318. The lowest BCUT2D eigenvalue weighted by Gasteiger charge is -2.59. The van der Waals surface area contributed by atoms with Gasteiger partial charge < -0.3 is 5.32 Å². The van der Waals surface area contributed by atoms with E-state index in [0.29, 0.717) is 11.9 Å². The largest absolute Gasteiger partial charge is 0.353 e. The van der Waals surface area contributed by atoms with E-state index in [0.717, 1.165) is 31.1 Å². The number of carbonyl (C=O) groups excluding carboxylic acids is 1. The molecular formula is C19H30BrNO. The number of alkyl halides is 1. The fourth-order valence-corrected chi connectivity index (χ4v) is 7.81. The van der Waals surface area contributed by atoms with E-state index in [9.17, 15) is 4.79 Å². The molecule has 0 aromatic rings. The average Bonchev–Trinajstić information content (AvgIpc) is 2.38. The second-order valence-corrected chi connectivity index (χ2v) is 10.6. The summed E-state index contributed by atoms with van der Waals surface area (Å²) in [6, 6.07) is 0.451. The number of halogens is 1. The van der Waals surface area contributed by atoms with Gasteiger partial charge in [-0.05, 0) is 63.2 Å². The molecule has 0 unspecified atom stereocenters. The van der Waals surface area contributed by atoms with Crippen LogP contribution in [0.5, 0.6) is 0 Å². The highest BCUT2D eigenvalue weighted by atomic mass is 79.9. The van der Waals surface area contributed by atoms with E-state index in [1.54, 1.807) is 0 Å². The molecule has 5 saturated carbocycles. The van der Waals surface area contributed by atoms with Crippen LogP contribution in [0.15, 0.2) is 0 Å². The first-order valence-corrected chi connectivity index (χ1v) is 10.4. The molecule has 1 N–H and O–H groups in total. The third-order valence-electron chi connectivity index (χ3n) is 6.91. The SMILES string of the molecule is O=C(NC1CCCCCCC1)C12C[C@@H]3C[C@H](CC(Br)(C3)C1)C2. The van der Waals surface area contributed by atoms with Gasteiger partial charge in [0.05, 0.1) is 5.41 Å². The van der Waals surface area contributed by atoms with Crippen LogP contribution in [0, 0.1) is 17.3 Å².